The molecule has 0 saturated heterocycles. The molecule has 0 saturated carbocycles. The highest BCUT2D eigenvalue weighted by Gasteiger charge is 2.22. The summed E-state index contributed by atoms with van der Waals surface area (Å²) >= 11 is 0. The molecule has 1 nitrogen and oxygen atoms in total. The van der Waals surface area contributed by atoms with Gasteiger partial charge in [0, 0.05) is 6.61 Å². The second kappa shape index (κ2) is 4.26. The Morgan fingerprint density at radius 2 is 1.73 bits per heavy atom. The number of rotatable bonds is 4. The fourth-order valence-electron chi connectivity index (χ4n) is 0.548. The highest BCUT2D eigenvalue weighted by atomic mass is 28.3. The Bertz CT molecular complexity index is 108. The predicted molar refractivity (Wildman–Crippen MR) is 53.4 cm³/mol. The van der Waals surface area contributed by atoms with E-state index in [1.165, 1.54) is 0 Å². The van der Waals surface area contributed by atoms with Gasteiger partial charge in [0.25, 0.3) is 0 Å². The molecular weight excluding hydrogens is 152 g/mol. The summed E-state index contributed by atoms with van der Waals surface area (Å²) in [4.78, 5) is 0. The molecule has 0 N–H and O–H groups in total. The normalized spacial score (nSPS) is 13.1. The molecule has 0 aromatic carbocycles. The minimum absolute atomic E-state index is 0.345. The maximum atomic E-state index is 5.71. The Balaban J connectivity index is 3.73. The molecule has 0 aliphatic rings. The largest absolute Gasteiger partial charge is 0.420 e. The maximum absolute atomic E-state index is 5.71. The van der Waals surface area contributed by atoms with Crippen molar-refractivity contribution in [3.8, 4) is 0 Å². The van der Waals surface area contributed by atoms with Crippen LogP contribution < -0.4 is 0 Å². The van der Waals surface area contributed by atoms with Crippen LogP contribution in [0.3, 0.4) is 0 Å². The van der Waals surface area contributed by atoms with Crippen molar-refractivity contribution in [3.63, 3.8) is 0 Å². The zero-order valence-electron chi connectivity index (χ0n) is 8.77. The average Bonchev–Trinajstić information content (AvgIpc) is 1.84. The fourth-order valence-corrected chi connectivity index (χ4v) is 1.31. The molecule has 0 fully saturated rings. The first kappa shape index (κ1) is 11.2. The first-order chi connectivity index (χ1) is 4.86. The molecule has 0 radical (unpaired) electrons. The lowest BCUT2D eigenvalue weighted by Crippen LogP contribution is -2.28. The van der Waals surface area contributed by atoms with E-state index in [-0.39, 0.29) is 0 Å². The third-order valence-corrected chi connectivity index (χ3v) is 3.18. The van der Waals surface area contributed by atoms with Gasteiger partial charge >= 0.3 is 0 Å². The van der Waals surface area contributed by atoms with Crippen LogP contribution in [0.5, 0.6) is 0 Å². The third-order valence-electron chi connectivity index (χ3n) is 2.35. The highest BCUT2D eigenvalue weighted by Crippen LogP contribution is 2.26. The van der Waals surface area contributed by atoms with Crippen molar-refractivity contribution in [2.45, 2.75) is 40.8 Å². The molecule has 68 valence electrons. The number of hydrogen-bond donors (Lipinski definition) is 0. The monoisotopic (exact) mass is 174 g/mol. The molecule has 0 atom stereocenters. The summed E-state index contributed by atoms with van der Waals surface area (Å²) in [5.74, 6) is 0.704. The van der Waals surface area contributed by atoms with Gasteiger partial charge in [-0.05, 0) is 24.4 Å². The van der Waals surface area contributed by atoms with E-state index in [1.54, 1.807) is 0 Å². The Morgan fingerprint density at radius 1 is 1.27 bits per heavy atom. The van der Waals surface area contributed by atoms with Crippen molar-refractivity contribution >= 4 is 9.04 Å². The van der Waals surface area contributed by atoms with Gasteiger partial charge in [0.15, 0.2) is 9.04 Å². The van der Waals surface area contributed by atoms with Gasteiger partial charge in [0.1, 0.15) is 0 Å². The maximum Gasteiger partial charge on any atom is 0.170 e. The van der Waals surface area contributed by atoms with E-state index < -0.39 is 9.04 Å². The summed E-state index contributed by atoms with van der Waals surface area (Å²) in [5.41, 5.74) is 0.345. The number of hydrogen-bond acceptors (Lipinski definition) is 1. The van der Waals surface area contributed by atoms with Gasteiger partial charge in [-0.2, -0.15) is 0 Å². The molecule has 0 amide bonds. The predicted octanol–water partition coefficient (Wildman–Crippen LogP) is 2.67. The zero-order chi connectivity index (χ0) is 9.07. The smallest absolute Gasteiger partial charge is 0.170 e. The molecule has 2 heteroatoms. The Morgan fingerprint density at radius 3 is 2.00 bits per heavy atom. The molecule has 0 heterocycles. The SMILES string of the molecule is CC(C)C(C)(C)CO[SiH](C)C. The highest BCUT2D eigenvalue weighted by molar-refractivity contribution is 6.48. The molecular formula is C9H22OSi. The van der Waals surface area contributed by atoms with Crippen molar-refractivity contribution < 1.29 is 4.43 Å². The molecule has 0 unspecified atom stereocenters. The molecule has 0 aliphatic carbocycles. The van der Waals surface area contributed by atoms with Crippen molar-refractivity contribution in [3.05, 3.63) is 0 Å². The van der Waals surface area contributed by atoms with Gasteiger partial charge in [0.05, 0.1) is 0 Å². The topological polar surface area (TPSA) is 9.23 Å². The van der Waals surface area contributed by atoms with Gasteiger partial charge in [-0.3, -0.25) is 0 Å². The first-order valence-electron chi connectivity index (χ1n) is 4.48. The zero-order valence-corrected chi connectivity index (χ0v) is 9.92. The van der Waals surface area contributed by atoms with Gasteiger partial charge in [-0.1, -0.05) is 27.7 Å². The van der Waals surface area contributed by atoms with E-state index in [0.29, 0.717) is 11.3 Å². The van der Waals surface area contributed by atoms with Gasteiger partial charge in [-0.15, -0.1) is 0 Å². The summed E-state index contributed by atoms with van der Waals surface area (Å²) in [7, 11) is -0.812. The van der Waals surface area contributed by atoms with Crippen LogP contribution in [0.1, 0.15) is 27.7 Å². The van der Waals surface area contributed by atoms with Crippen LogP contribution in [0.4, 0.5) is 0 Å². The summed E-state index contributed by atoms with van der Waals surface area (Å²) in [6, 6.07) is 0. The van der Waals surface area contributed by atoms with Crippen LogP contribution in [0.15, 0.2) is 0 Å². The lowest BCUT2D eigenvalue weighted by Gasteiger charge is -2.29. The van der Waals surface area contributed by atoms with E-state index in [2.05, 4.69) is 40.8 Å². The van der Waals surface area contributed by atoms with Crippen molar-refractivity contribution in [2.75, 3.05) is 6.61 Å². The van der Waals surface area contributed by atoms with Crippen LogP contribution in [-0.4, -0.2) is 15.6 Å². The summed E-state index contributed by atoms with van der Waals surface area (Å²) < 4.78 is 5.71. The van der Waals surface area contributed by atoms with Gasteiger partial charge < -0.3 is 4.43 Å². The van der Waals surface area contributed by atoms with Crippen LogP contribution in [0, 0.1) is 11.3 Å². The van der Waals surface area contributed by atoms with E-state index in [1.807, 2.05) is 0 Å². The van der Waals surface area contributed by atoms with Crippen LogP contribution in [0.2, 0.25) is 13.1 Å². The molecule has 0 aliphatic heterocycles. The summed E-state index contributed by atoms with van der Waals surface area (Å²) in [6.07, 6.45) is 0. The fraction of sp³-hybridized carbons (Fsp3) is 1.00. The molecule has 0 bridgehead atoms. The van der Waals surface area contributed by atoms with Crippen molar-refractivity contribution in [2.24, 2.45) is 11.3 Å². The molecule has 11 heavy (non-hydrogen) atoms. The Hall–Kier alpha value is 0.177. The second-order valence-electron chi connectivity index (χ2n) is 4.50. The van der Waals surface area contributed by atoms with Crippen molar-refractivity contribution in [1.82, 2.24) is 0 Å². The minimum atomic E-state index is -0.812. The average molecular weight is 174 g/mol. The second-order valence-corrected chi connectivity index (χ2v) is 6.93. The quantitative estimate of drug-likeness (QED) is 0.595. The van der Waals surface area contributed by atoms with Gasteiger partial charge in [0.2, 0.25) is 0 Å². The third kappa shape index (κ3) is 4.59. The van der Waals surface area contributed by atoms with E-state index in [4.69, 9.17) is 4.43 Å². The molecule has 0 aromatic heterocycles. The first-order valence-corrected chi connectivity index (χ1v) is 7.26. The van der Waals surface area contributed by atoms with Crippen LogP contribution in [-0.2, 0) is 4.43 Å². The standard InChI is InChI=1S/C9H22OSi/c1-8(2)9(3,4)7-10-11(5)6/h8,11H,7H2,1-6H3. The molecule has 0 aromatic rings. The minimum Gasteiger partial charge on any atom is -0.420 e. The Labute approximate surface area is 72.9 Å². The van der Waals surface area contributed by atoms with E-state index in [0.717, 1.165) is 6.61 Å². The van der Waals surface area contributed by atoms with Gasteiger partial charge in [-0.25, -0.2) is 0 Å². The molecule has 0 rings (SSSR count). The summed E-state index contributed by atoms with van der Waals surface area (Å²) in [6.45, 7) is 14.4. The summed E-state index contributed by atoms with van der Waals surface area (Å²) in [5, 5.41) is 0. The van der Waals surface area contributed by atoms with E-state index in [9.17, 15) is 0 Å². The lowest BCUT2D eigenvalue weighted by atomic mass is 9.82. The van der Waals surface area contributed by atoms with E-state index >= 15 is 0 Å². The van der Waals surface area contributed by atoms with Crippen LogP contribution in [0.25, 0.3) is 0 Å². The Kier molecular flexibility index (Phi) is 4.33. The van der Waals surface area contributed by atoms with Crippen molar-refractivity contribution in [1.29, 1.82) is 0 Å². The lowest BCUT2D eigenvalue weighted by molar-refractivity contribution is 0.131. The molecule has 0 spiro atoms. The van der Waals surface area contributed by atoms with Crippen LogP contribution >= 0.6 is 0 Å².